The quantitative estimate of drug-likeness (QED) is 0.160. The first-order valence-corrected chi connectivity index (χ1v) is 17.3. The molecule has 0 fully saturated rings. The van der Waals surface area contributed by atoms with Crippen molar-refractivity contribution in [3.05, 3.63) is 206 Å². The maximum Gasteiger partial charge on any atom is -0.00201 e. The van der Waals surface area contributed by atoms with Crippen molar-refractivity contribution < 1.29 is 0 Å². The van der Waals surface area contributed by atoms with Crippen molar-refractivity contribution in [1.82, 2.24) is 0 Å². The molecule has 0 radical (unpaired) electrons. The monoisotopic (exact) mass is 634 g/mol. The molecule has 0 aliphatic carbocycles. The second-order valence-corrected chi connectivity index (χ2v) is 12.9. The largest absolute Gasteiger partial charge is 0.0622 e. The summed E-state index contributed by atoms with van der Waals surface area (Å²) in [4.78, 5) is 0. The molecule has 0 N–H and O–H groups in total. The molecule has 0 aliphatic rings. The molecule has 9 rings (SSSR count). The first-order valence-electron chi connectivity index (χ1n) is 17.3. The van der Waals surface area contributed by atoms with Gasteiger partial charge in [-0.3, -0.25) is 0 Å². The van der Waals surface area contributed by atoms with Crippen LogP contribution >= 0.6 is 0 Å². The Hall–Kier alpha value is -6.50. The van der Waals surface area contributed by atoms with Crippen molar-refractivity contribution in [2.75, 3.05) is 0 Å². The van der Waals surface area contributed by atoms with Gasteiger partial charge in [-0.15, -0.1) is 0 Å². The van der Waals surface area contributed by atoms with E-state index < -0.39 is 0 Å². The zero-order chi connectivity index (χ0) is 33.3. The average Bonchev–Trinajstić information content (AvgIpc) is 3.21. The van der Waals surface area contributed by atoms with Gasteiger partial charge >= 0.3 is 0 Å². The molecule has 0 saturated heterocycles. The van der Waals surface area contributed by atoms with E-state index in [-0.39, 0.29) is 0 Å². The molecule has 0 saturated carbocycles. The lowest BCUT2D eigenvalue weighted by Crippen LogP contribution is -1.92. The Kier molecular flexibility index (Phi) is 7.61. The molecule has 9 aromatic rings. The number of hydrogen-bond donors (Lipinski definition) is 0. The summed E-state index contributed by atoms with van der Waals surface area (Å²) in [6, 6.07) is 74.8. The molecule has 234 valence electrons. The van der Waals surface area contributed by atoms with E-state index in [1.165, 1.54) is 88.3 Å². The van der Waals surface area contributed by atoms with E-state index in [4.69, 9.17) is 0 Å². The normalized spacial score (nSPS) is 11.2. The van der Waals surface area contributed by atoms with Gasteiger partial charge in [0.1, 0.15) is 0 Å². The van der Waals surface area contributed by atoms with Crippen LogP contribution in [0.1, 0.15) is 0 Å². The van der Waals surface area contributed by atoms with Crippen LogP contribution in [0.2, 0.25) is 0 Å². The van der Waals surface area contributed by atoms with E-state index in [0.717, 1.165) is 0 Å². The highest BCUT2D eigenvalue weighted by molar-refractivity contribution is 6.22. The Balaban J connectivity index is 1.14. The fraction of sp³-hybridized carbons (Fsp3) is 0. The minimum Gasteiger partial charge on any atom is -0.0622 e. The lowest BCUT2D eigenvalue weighted by Gasteiger charge is -2.20. The third-order valence-corrected chi connectivity index (χ3v) is 9.89. The molecule has 0 aliphatic heterocycles. The molecule has 0 nitrogen and oxygen atoms in total. The molecule has 0 heteroatoms. The van der Waals surface area contributed by atoms with Gasteiger partial charge in [-0.25, -0.2) is 0 Å². The fourth-order valence-corrected chi connectivity index (χ4v) is 7.52. The fourth-order valence-electron chi connectivity index (χ4n) is 7.52. The first-order chi connectivity index (χ1) is 24.8. The number of fused-ring (bicyclic) bond motifs is 2. The predicted octanol–water partition coefficient (Wildman–Crippen LogP) is 14.0. The van der Waals surface area contributed by atoms with Crippen LogP contribution in [-0.4, -0.2) is 0 Å². The van der Waals surface area contributed by atoms with Crippen molar-refractivity contribution >= 4 is 21.5 Å². The molecule has 0 spiro atoms. The van der Waals surface area contributed by atoms with Crippen LogP contribution in [0.5, 0.6) is 0 Å². The molecule has 0 amide bonds. The molecule has 0 heterocycles. The molecule has 0 bridgehead atoms. The summed E-state index contributed by atoms with van der Waals surface area (Å²) in [5, 5.41) is 5.07. The van der Waals surface area contributed by atoms with E-state index in [1.807, 2.05) is 0 Å². The lowest BCUT2D eigenvalue weighted by atomic mass is 9.83. The molecule has 0 atom stereocenters. The van der Waals surface area contributed by atoms with Crippen molar-refractivity contribution in [3.8, 4) is 66.8 Å². The van der Waals surface area contributed by atoms with Crippen molar-refractivity contribution in [2.45, 2.75) is 0 Å². The summed E-state index contributed by atoms with van der Waals surface area (Å²) in [5.41, 5.74) is 14.8. The summed E-state index contributed by atoms with van der Waals surface area (Å²) in [5.74, 6) is 0. The van der Waals surface area contributed by atoms with Crippen LogP contribution in [0.4, 0.5) is 0 Å². The minimum atomic E-state index is 1.20. The Labute approximate surface area is 293 Å². The van der Waals surface area contributed by atoms with Crippen molar-refractivity contribution in [2.24, 2.45) is 0 Å². The first kappa shape index (κ1) is 29.6. The number of rotatable bonds is 6. The predicted molar refractivity (Wildman–Crippen MR) is 214 cm³/mol. The van der Waals surface area contributed by atoms with E-state index >= 15 is 0 Å². The number of hydrogen-bond acceptors (Lipinski definition) is 0. The van der Waals surface area contributed by atoms with Crippen molar-refractivity contribution in [3.63, 3.8) is 0 Å². The third kappa shape index (κ3) is 5.38. The molecule has 9 aromatic carbocycles. The Morgan fingerprint density at radius 1 is 0.180 bits per heavy atom. The molecular formula is C50H34. The summed E-state index contributed by atoms with van der Waals surface area (Å²) in [6.45, 7) is 0. The van der Waals surface area contributed by atoms with Crippen LogP contribution in [0.25, 0.3) is 88.3 Å². The smallest absolute Gasteiger partial charge is 0.00201 e. The second-order valence-electron chi connectivity index (χ2n) is 12.9. The van der Waals surface area contributed by atoms with Crippen molar-refractivity contribution in [1.29, 1.82) is 0 Å². The van der Waals surface area contributed by atoms with Gasteiger partial charge in [-0.1, -0.05) is 194 Å². The average molecular weight is 635 g/mol. The van der Waals surface area contributed by atoms with Gasteiger partial charge in [0.05, 0.1) is 0 Å². The molecule has 50 heavy (non-hydrogen) atoms. The summed E-state index contributed by atoms with van der Waals surface area (Å²) in [7, 11) is 0. The Morgan fingerprint density at radius 2 is 0.520 bits per heavy atom. The zero-order valence-corrected chi connectivity index (χ0v) is 27.6. The van der Waals surface area contributed by atoms with E-state index in [2.05, 4.69) is 206 Å². The topological polar surface area (TPSA) is 0 Å². The van der Waals surface area contributed by atoms with Gasteiger partial charge in [0, 0.05) is 0 Å². The SMILES string of the molecule is c1ccc(-c2cccc(-c3ccc(-c4cccc(-c5ccccc5-c5c6ccccc6c(-c6ccccc6)c6ccccc56)c4)cc3)c2)cc1. The minimum absolute atomic E-state index is 1.20. The van der Waals surface area contributed by atoms with Crippen LogP contribution in [0, 0.1) is 0 Å². The third-order valence-electron chi connectivity index (χ3n) is 9.89. The van der Waals surface area contributed by atoms with E-state index in [9.17, 15) is 0 Å². The number of benzene rings is 9. The van der Waals surface area contributed by atoms with E-state index in [1.54, 1.807) is 0 Å². The van der Waals surface area contributed by atoms with E-state index in [0.29, 0.717) is 0 Å². The molecular weight excluding hydrogens is 601 g/mol. The maximum absolute atomic E-state index is 2.34. The van der Waals surface area contributed by atoms with Gasteiger partial charge in [-0.05, 0) is 100 Å². The lowest BCUT2D eigenvalue weighted by molar-refractivity contribution is 1.56. The van der Waals surface area contributed by atoms with Crippen LogP contribution < -0.4 is 0 Å². The van der Waals surface area contributed by atoms with Gasteiger partial charge in [0.2, 0.25) is 0 Å². The second kappa shape index (κ2) is 12.8. The highest BCUT2D eigenvalue weighted by Crippen LogP contribution is 2.46. The standard InChI is InChI=1S/C50H34/c1-3-15-35(16-4-1)39-19-13-20-40(33-39)36-29-31-37(32-30-36)41-21-14-22-42(34-41)43-23-7-8-24-44(43)50-47-27-11-9-25-45(47)49(38-17-5-2-6-18-38)46-26-10-12-28-48(46)50/h1-34H. The summed E-state index contributed by atoms with van der Waals surface area (Å²) >= 11 is 0. The Morgan fingerprint density at radius 3 is 1.04 bits per heavy atom. The van der Waals surface area contributed by atoms with Gasteiger partial charge in [0.15, 0.2) is 0 Å². The molecule has 0 aromatic heterocycles. The van der Waals surface area contributed by atoms with Crippen LogP contribution in [0.15, 0.2) is 206 Å². The van der Waals surface area contributed by atoms with Gasteiger partial charge in [0.25, 0.3) is 0 Å². The van der Waals surface area contributed by atoms with Crippen LogP contribution in [-0.2, 0) is 0 Å². The maximum atomic E-state index is 2.34. The molecule has 0 unspecified atom stereocenters. The van der Waals surface area contributed by atoms with Gasteiger partial charge < -0.3 is 0 Å². The highest BCUT2D eigenvalue weighted by Gasteiger charge is 2.18. The Bertz CT molecular complexity index is 2560. The van der Waals surface area contributed by atoms with Crippen LogP contribution in [0.3, 0.4) is 0 Å². The summed E-state index contributed by atoms with van der Waals surface area (Å²) in [6.07, 6.45) is 0. The highest BCUT2D eigenvalue weighted by atomic mass is 14.2. The zero-order valence-electron chi connectivity index (χ0n) is 27.6. The summed E-state index contributed by atoms with van der Waals surface area (Å²) < 4.78 is 0. The van der Waals surface area contributed by atoms with Gasteiger partial charge in [-0.2, -0.15) is 0 Å².